The summed E-state index contributed by atoms with van der Waals surface area (Å²) in [5.74, 6) is -1.89. The summed E-state index contributed by atoms with van der Waals surface area (Å²) in [5.41, 5.74) is -1.00. The molecule has 5 nitrogen and oxygen atoms in total. The summed E-state index contributed by atoms with van der Waals surface area (Å²) in [6.07, 6.45) is -3.64. The van der Waals surface area contributed by atoms with Crippen LogP contribution in [0.1, 0.15) is 31.6 Å². The van der Waals surface area contributed by atoms with E-state index in [9.17, 15) is 17.6 Å². The molecule has 0 heterocycles. The van der Waals surface area contributed by atoms with Gasteiger partial charge in [0, 0.05) is 2.74 Å². The molecular formula is C15H17ClFNO4S. The highest BCUT2D eigenvalue weighted by molar-refractivity contribution is 7.93. The molecule has 1 atom stereocenters. The zero-order valence-corrected chi connectivity index (χ0v) is 13.7. The van der Waals surface area contributed by atoms with E-state index in [1.165, 1.54) is 6.92 Å². The molecule has 1 N–H and O–H groups in total. The van der Waals surface area contributed by atoms with Gasteiger partial charge < -0.3 is 4.74 Å². The minimum Gasteiger partial charge on any atom is -0.463 e. The Kier molecular flexibility index (Phi) is 4.06. The first kappa shape index (κ1) is 12.8. The molecule has 1 aromatic carbocycles. The van der Waals surface area contributed by atoms with E-state index in [1.807, 2.05) is 4.72 Å². The van der Waals surface area contributed by atoms with Gasteiger partial charge in [-0.2, -0.15) is 0 Å². The van der Waals surface area contributed by atoms with Crippen LogP contribution in [0.25, 0.3) is 0 Å². The summed E-state index contributed by atoms with van der Waals surface area (Å²) in [7, 11) is -4.80. The van der Waals surface area contributed by atoms with Crippen LogP contribution in [-0.2, 0) is 19.6 Å². The Morgan fingerprint density at radius 2 is 2.39 bits per heavy atom. The fourth-order valence-electron chi connectivity index (χ4n) is 1.91. The molecule has 0 saturated carbocycles. The van der Waals surface area contributed by atoms with E-state index in [4.69, 9.17) is 21.8 Å². The van der Waals surface area contributed by atoms with Gasteiger partial charge >= 0.3 is 5.97 Å². The Morgan fingerprint density at radius 3 is 3.04 bits per heavy atom. The number of benzene rings is 1. The summed E-state index contributed by atoms with van der Waals surface area (Å²) < 4.78 is 77.9. The van der Waals surface area contributed by atoms with Crippen molar-refractivity contribution in [2.45, 2.75) is 31.4 Å². The number of esters is 1. The van der Waals surface area contributed by atoms with E-state index >= 15 is 0 Å². The summed E-state index contributed by atoms with van der Waals surface area (Å²) >= 11 is 5.81. The van der Waals surface area contributed by atoms with Crippen LogP contribution < -0.4 is 4.72 Å². The molecule has 0 aromatic heterocycles. The lowest BCUT2D eigenvalue weighted by atomic mass is 9.99. The number of allylic oxidation sites excluding steroid dienone is 1. The van der Waals surface area contributed by atoms with Gasteiger partial charge in [0.15, 0.2) is 0 Å². The highest BCUT2D eigenvalue weighted by atomic mass is 35.5. The SMILES string of the molecule is [2H]C1=C(C(=O)OCC)C([2H])(S(=O)(=O)Nc2ccc(F)cc2Cl)CC([2H])([2H])C1. The van der Waals surface area contributed by atoms with Gasteiger partial charge in [-0.25, -0.2) is 17.6 Å². The number of halogens is 2. The van der Waals surface area contributed by atoms with E-state index in [0.717, 1.165) is 18.2 Å². The molecule has 0 aliphatic heterocycles. The van der Waals surface area contributed by atoms with Crippen molar-refractivity contribution in [2.75, 3.05) is 11.3 Å². The Morgan fingerprint density at radius 1 is 1.65 bits per heavy atom. The standard InChI is InChI=1S/C15H17ClFNO4S/c1-2-22-15(19)11-5-3-4-6-14(11)23(20,21)18-13-8-7-10(17)9-12(13)16/h5,7-9,14,18H,2-4,6H2,1H3/i4D2,5D,14D. The highest BCUT2D eigenvalue weighted by Crippen LogP contribution is 2.30. The third kappa shape index (κ3) is 4.23. The fraction of sp³-hybridized carbons (Fsp3) is 0.400. The van der Waals surface area contributed by atoms with Crippen LogP contribution in [0.3, 0.4) is 0 Å². The minimum atomic E-state index is -4.80. The normalized spacial score (nSPS) is 26.6. The van der Waals surface area contributed by atoms with Crippen molar-refractivity contribution in [3.63, 3.8) is 0 Å². The fourth-order valence-corrected chi connectivity index (χ4v) is 3.49. The van der Waals surface area contributed by atoms with Crippen molar-refractivity contribution in [3.05, 3.63) is 40.7 Å². The number of carbonyl (C=O) groups is 1. The second-order valence-electron chi connectivity index (χ2n) is 4.53. The molecule has 126 valence electrons. The summed E-state index contributed by atoms with van der Waals surface area (Å²) in [5, 5.41) is -3.12. The quantitative estimate of drug-likeness (QED) is 0.813. The van der Waals surface area contributed by atoms with E-state index < -0.39 is 57.9 Å². The number of anilines is 1. The average Bonchev–Trinajstić information content (AvgIpc) is 2.48. The zero-order valence-electron chi connectivity index (χ0n) is 16.2. The number of hydrogen-bond donors (Lipinski definition) is 1. The molecule has 0 spiro atoms. The predicted molar refractivity (Wildman–Crippen MR) is 86.3 cm³/mol. The van der Waals surface area contributed by atoms with Gasteiger partial charge in [0.2, 0.25) is 10.0 Å². The second-order valence-corrected chi connectivity index (χ2v) is 6.64. The Hall–Kier alpha value is -1.60. The molecular weight excluding hydrogens is 345 g/mol. The third-order valence-corrected chi connectivity index (χ3v) is 4.73. The van der Waals surface area contributed by atoms with Crippen LogP contribution in [0.5, 0.6) is 0 Å². The number of sulfonamides is 1. The molecule has 8 heteroatoms. The largest absolute Gasteiger partial charge is 0.463 e. The van der Waals surface area contributed by atoms with Gasteiger partial charge in [-0.15, -0.1) is 0 Å². The van der Waals surface area contributed by atoms with Crippen molar-refractivity contribution >= 4 is 33.3 Å². The van der Waals surface area contributed by atoms with Crippen molar-refractivity contribution in [1.29, 1.82) is 0 Å². The van der Waals surface area contributed by atoms with Crippen LogP contribution in [0, 0.1) is 5.82 Å². The predicted octanol–water partition coefficient (Wildman–Crippen LogP) is 3.26. The van der Waals surface area contributed by atoms with Crippen molar-refractivity contribution in [2.24, 2.45) is 0 Å². The van der Waals surface area contributed by atoms with Crippen LogP contribution in [0.15, 0.2) is 29.8 Å². The third-order valence-electron chi connectivity index (χ3n) is 2.93. The van der Waals surface area contributed by atoms with Crippen LogP contribution >= 0.6 is 11.6 Å². The Labute approximate surface area is 145 Å². The molecule has 0 bridgehead atoms. The Balaban J connectivity index is 2.58. The highest BCUT2D eigenvalue weighted by Gasteiger charge is 2.35. The number of ether oxygens (including phenoxy) is 1. The maximum atomic E-state index is 13.2. The topological polar surface area (TPSA) is 72.5 Å². The first-order valence-electron chi connectivity index (χ1n) is 8.68. The van der Waals surface area contributed by atoms with Gasteiger partial charge in [0.1, 0.15) is 11.0 Å². The minimum absolute atomic E-state index is 0.115. The molecule has 0 amide bonds. The van der Waals surface area contributed by atoms with E-state index in [1.54, 1.807) is 0 Å². The van der Waals surface area contributed by atoms with Gasteiger partial charge in [-0.1, -0.05) is 17.7 Å². The molecule has 1 aliphatic carbocycles. The molecule has 23 heavy (non-hydrogen) atoms. The lowest BCUT2D eigenvalue weighted by Gasteiger charge is -2.24. The first-order valence-corrected chi connectivity index (χ1v) is 8.54. The number of hydrogen-bond acceptors (Lipinski definition) is 4. The molecule has 1 aromatic rings. The van der Waals surface area contributed by atoms with Gasteiger partial charge in [0.05, 0.1) is 25.6 Å². The number of carbonyl (C=O) groups excluding carboxylic acids is 1. The number of rotatable bonds is 5. The van der Waals surface area contributed by atoms with Crippen LogP contribution in [-0.4, -0.2) is 26.2 Å². The van der Waals surface area contributed by atoms with Gasteiger partial charge in [-0.05, 0) is 44.3 Å². The molecule has 0 fully saturated rings. The lowest BCUT2D eigenvalue weighted by molar-refractivity contribution is -0.138. The molecule has 1 aliphatic rings. The Bertz CT molecular complexity index is 909. The van der Waals surface area contributed by atoms with Gasteiger partial charge in [0.25, 0.3) is 0 Å². The van der Waals surface area contributed by atoms with E-state index in [2.05, 4.69) is 0 Å². The van der Waals surface area contributed by atoms with Gasteiger partial charge in [-0.3, -0.25) is 4.72 Å². The van der Waals surface area contributed by atoms with E-state index in [0.29, 0.717) is 0 Å². The summed E-state index contributed by atoms with van der Waals surface area (Å²) in [6.45, 7) is 1.36. The molecule has 0 saturated heterocycles. The van der Waals surface area contributed by atoms with Crippen LogP contribution in [0.4, 0.5) is 10.1 Å². The second kappa shape index (κ2) is 7.31. The zero-order chi connectivity index (χ0) is 20.6. The molecule has 2 rings (SSSR count). The molecule has 1 unspecified atom stereocenters. The average molecular weight is 366 g/mol. The summed E-state index contributed by atoms with van der Waals surface area (Å²) in [4.78, 5) is 12.2. The smallest absolute Gasteiger partial charge is 0.335 e. The summed E-state index contributed by atoms with van der Waals surface area (Å²) in [6, 6.07) is 2.20. The maximum Gasteiger partial charge on any atom is 0.335 e. The lowest BCUT2D eigenvalue weighted by Crippen LogP contribution is -2.34. The monoisotopic (exact) mass is 365 g/mol. The van der Waals surface area contributed by atoms with Crippen molar-refractivity contribution < 1.29 is 27.8 Å². The van der Waals surface area contributed by atoms with Crippen molar-refractivity contribution in [1.82, 2.24) is 0 Å². The van der Waals surface area contributed by atoms with Crippen molar-refractivity contribution in [3.8, 4) is 0 Å². The first-order chi connectivity index (χ1) is 12.3. The van der Waals surface area contributed by atoms with E-state index in [-0.39, 0.29) is 17.3 Å². The molecule has 0 radical (unpaired) electrons. The van der Waals surface area contributed by atoms with Crippen LogP contribution in [0.2, 0.25) is 5.02 Å². The number of nitrogens with one attached hydrogen (secondary N) is 1. The maximum absolute atomic E-state index is 13.2.